The first-order valence-electron chi connectivity index (χ1n) is 11.5. The summed E-state index contributed by atoms with van der Waals surface area (Å²) in [6, 6.07) is 14.2. The van der Waals surface area contributed by atoms with Crippen LogP contribution in [-0.4, -0.2) is 44.4 Å². The second-order valence-electron chi connectivity index (χ2n) is 9.33. The van der Waals surface area contributed by atoms with Gasteiger partial charge < -0.3 is 15.7 Å². The summed E-state index contributed by atoms with van der Waals surface area (Å²) in [6.45, 7) is 5.05. The van der Waals surface area contributed by atoms with Crippen molar-refractivity contribution in [3.05, 3.63) is 84.1 Å². The highest BCUT2D eigenvalue weighted by atomic mass is 19.1. The molecule has 36 heavy (non-hydrogen) atoms. The van der Waals surface area contributed by atoms with Gasteiger partial charge in [0.2, 0.25) is 5.91 Å². The molecular weight excluding hydrogens is 463 g/mol. The molecule has 0 aliphatic heterocycles. The average Bonchev–Trinajstić information content (AvgIpc) is 2.85. The quantitative estimate of drug-likeness (QED) is 0.397. The lowest BCUT2D eigenvalue weighted by molar-refractivity contribution is -0.141. The summed E-state index contributed by atoms with van der Waals surface area (Å²) in [4.78, 5) is 45.9. The molecule has 0 fully saturated rings. The number of hydrogen-bond donors (Lipinski definition) is 3. The van der Waals surface area contributed by atoms with E-state index in [0.29, 0.717) is 12.1 Å². The molecule has 9 heteroatoms. The van der Waals surface area contributed by atoms with Gasteiger partial charge in [0.15, 0.2) is 0 Å². The second kappa shape index (κ2) is 11.5. The van der Waals surface area contributed by atoms with E-state index >= 15 is 0 Å². The summed E-state index contributed by atoms with van der Waals surface area (Å²) in [5, 5.41) is 14.8. The fraction of sp³-hybridized carbons (Fsp3) is 0.296. The minimum absolute atomic E-state index is 0.000955. The number of nitrogens with zero attached hydrogens (tertiary/aromatic N) is 2. The first kappa shape index (κ1) is 26.5. The van der Waals surface area contributed by atoms with Gasteiger partial charge in [0.25, 0.3) is 5.91 Å². The Bertz CT molecular complexity index is 1200. The van der Waals surface area contributed by atoms with E-state index in [1.54, 1.807) is 26.0 Å². The average molecular weight is 493 g/mol. The van der Waals surface area contributed by atoms with E-state index in [2.05, 4.69) is 20.6 Å². The van der Waals surface area contributed by atoms with Crippen LogP contribution in [0.15, 0.2) is 67.0 Å². The molecule has 0 aliphatic rings. The molecular formula is C27H29FN4O4. The molecule has 3 aromatic rings. The van der Waals surface area contributed by atoms with Crippen molar-refractivity contribution in [3.63, 3.8) is 0 Å². The van der Waals surface area contributed by atoms with Gasteiger partial charge in [-0.1, -0.05) is 49.4 Å². The first-order valence-corrected chi connectivity index (χ1v) is 11.5. The molecule has 0 saturated carbocycles. The summed E-state index contributed by atoms with van der Waals surface area (Å²) in [5.74, 6) is -3.49. The van der Waals surface area contributed by atoms with Crippen molar-refractivity contribution in [1.82, 2.24) is 20.6 Å². The number of carbonyl (C=O) groups excluding carboxylic acids is 2. The zero-order chi connectivity index (χ0) is 26.3. The number of benzene rings is 2. The molecule has 0 spiro atoms. The number of rotatable bonds is 10. The minimum Gasteiger partial charge on any atom is -0.481 e. The van der Waals surface area contributed by atoms with Crippen molar-refractivity contribution in [2.75, 3.05) is 0 Å². The Morgan fingerprint density at radius 2 is 1.67 bits per heavy atom. The van der Waals surface area contributed by atoms with Crippen LogP contribution in [0.4, 0.5) is 4.39 Å². The van der Waals surface area contributed by atoms with Crippen LogP contribution in [0.2, 0.25) is 0 Å². The van der Waals surface area contributed by atoms with Crippen molar-refractivity contribution in [2.45, 2.75) is 45.2 Å². The number of amides is 2. The van der Waals surface area contributed by atoms with E-state index in [-0.39, 0.29) is 17.9 Å². The standard InChI is InChI=1S/C27H29FN4O4/c1-17(26(35)36)13-21(25(34)32-27(2,3)14-18-9-11-20(28)12-10-18)31-24(33)23-16-29-22(15-30-23)19-7-5-4-6-8-19/h4-12,15-17,21H,13-14H2,1-3H3,(H,31,33)(H,32,34)(H,35,36)/t17?,21-/m0/s1. The summed E-state index contributed by atoms with van der Waals surface area (Å²) >= 11 is 0. The third-order valence-corrected chi connectivity index (χ3v) is 5.61. The number of carboxylic acid groups (broad SMARTS) is 1. The van der Waals surface area contributed by atoms with Gasteiger partial charge in [-0.2, -0.15) is 0 Å². The Hall–Kier alpha value is -4.14. The number of carbonyl (C=O) groups is 3. The van der Waals surface area contributed by atoms with E-state index in [1.165, 1.54) is 31.5 Å². The normalized spacial score (nSPS) is 12.9. The zero-order valence-corrected chi connectivity index (χ0v) is 20.4. The van der Waals surface area contributed by atoms with Crippen molar-refractivity contribution in [3.8, 4) is 11.3 Å². The molecule has 0 saturated heterocycles. The van der Waals surface area contributed by atoms with E-state index < -0.39 is 35.3 Å². The van der Waals surface area contributed by atoms with Crippen LogP contribution >= 0.6 is 0 Å². The van der Waals surface area contributed by atoms with Crippen LogP contribution in [0.25, 0.3) is 11.3 Å². The van der Waals surface area contributed by atoms with Crippen LogP contribution in [0.1, 0.15) is 43.2 Å². The monoisotopic (exact) mass is 492 g/mol. The van der Waals surface area contributed by atoms with Gasteiger partial charge in [0, 0.05) is 11.1 Å². The number of aliphatic carboxylic acids is 1. The molecule has 0 radical (unpaired) electrons. The van der Waals surface area contributed by atoms with Crippen LogP contribution < -0.4 is 10.6 Å². The van der Waals surface area contributed by atoms with E-state index in [0.717, 1.165) is 11.1 Å². The number of halogens is 1. The van der Waals surface area contributed by atoms with Crippen molar-refractivity contribution in [2.24, 2.45) is 5.92 Å². The summed E-state index contributed by atoms with van der Waals surface area (Å²) < 4.78 is 13.2. The molecule has 3 N–H and O–H groups in total. The number of carboxylic acids is 1. The maximum atomic E-state index is 13.2. The zero-order valence-electron chi connectivity index (χ0n) is 20.4. The van der Waals surface area contributed by atoms with Gasteiger partial charge in [0.05, 0.1) is 24.0 Å². The predicted molar refractivity (Wildman–Crippen MR) is 132 cm³/mol. The molecule has 1 heterocycles. The molecule has 0 bridgehead atoms. The Labute approximate surface area is 209 Å². The molecule has 2 amide bonds. The second-order valence-corrected chi connectivity index (χ2v) is 9.33. The van der Waals surface area contributed by atoms with Crippen LogP contribution in [0.3, 0.4) is 0 Å². The van der Waals surface area contributed by atoms with E-state index in [1.807, 2.05) is 30.3 Å². The summed E-state index contributed by atoms with van der Waals surface area (Å²) in [7, 11) is 0. The summed E-state index contributed by atoms with van der Waals surface area (Å²) in [5.41, 5.74) is 1.49. The molecule has 1 aromatic heterocycles. The number of hydrogen-bond acceptors (Lipinski definition) is 5. The lowest BCUT2D eigenvalue weighted by atomic mass is 9.93. The maximum absolute atomic E-state index is 13.2. The summed E-state index contributed by atoms with van der Waals surface area (Å²) in [6.07, 6.45) is 3.06. The van der Waals surface area contributed by atoms with Crippen LogP contribution in [-0.2, 0) is 16.0 Å². The minimum atomic E-state index is -1.12. The van der Waals surface area contributed by atoms with Gasteiger partial charge in [0.1, 0.15) is 17.6 Å². The van der Waals surface area contributed by atoms with Crippen LogP contribution in [0.5, 0.6) is 0 Å². The van der Waals surface area contributed by atoms with Crippen molar-refractivity contribution in [1.29, 1.82) is 0 Å². The highest BCUT2D eigenvalue weighted by Gasteiger charge is 2.30. The lowest BCUT2D eigenvalue weighted by Crippen LogP contribution is -2.54. The fourth-order valence-electron chi connectivity index (χ4n) is 3.70. The smallest absolute Gasteiger partial charge is 0.306 e. The Morgan fingerprint density at radius 3 is 2.25 bits per heavy atom. The Kier molecular flexibility index (Phi) is 8.47. The van der Waals surface area contributed by atoms with Gasteiger partial charge in [-0.25, -0.2) is 9.37 Å². The van der Waals surface area contributed by atoms with Gasteiger partial charge in [-0.05, 0) is 44.4 Å². The van der Waals surface area contributed by atoms with E-state index in [9.17, 15) is 23.9 Å². The third kappa shape index (κ3) is 7.43. The molecule has 3 rings (SSSR count). The van der Waals surface area contributed by atoms with Gasteiger partial charge >= 0.3 is 5.97 Å². The number of nitrogens with one attached hydrogen (secondary N) is 2. The molecule has 188 valence electrons. The predicted octanol–water partition coefficient (Wildman–Crippen LogP) is 3.63. The highest BCUT2D eigenvalue weighted by Crippen LogP contribution is 2.17. The topological polar surface area (TPSA) is 121 Å². The van der Waals surface area contributed by atoms with Crippen molar-refractivity contribution >= 4 is 17.8 Å². The lowest BCUT2D eigenvalue weighted by Gasteiger charge is -2.30. The number of aromatic nitrogens is 2. The van der Waals surface area contributed by atoms with Gasteiger partial charge in [-0.15, -0.1) is 0 Å². The molecule has 8 nitrogen and oxygen atoms in total. The highest BCUT2D eigenvalue weighted by molar-refractivity contribution is 5.96. The largest absolute Gasteiger partial charge is 0.481 e. The SMILES string of the molecule is CC(C[C@H](NC(=O)c1cnc(-c2ccccc2)cn1)C(=O)NC(C)(C)Cc1ccc(F)cc1)C(=O)O. The first-order chi connectivity index (χ1) is 17.0. The Balaban J connectivity index is 1.72. The van der Waals surface area contributed by atoms with Crippen molar-refractivity contribution < 1.29 is 23.9 Å². The third-order valence-electron chi connectivity index (χ3n) is 5.61. The molecule has 2 aromatic carbocycles. The Morgan fingerprint density at radius 1 is 1.00 bits per heavy atom. The van der Waals surface area contributed by atoms with Gasteiger partial charge in [-0.3, -0.25) is 19.4 Å². The van der Waals surface area contributed by atoms with Crippen LogP contribution in [0, 0.1) is 11.7 Å². The van der Waals surface area contributed by atoms with E-state index in [4.69, 9.17) is 0 Å². The maximum Gasteiger partial charge on any atom is 0.306 e. The fourth-order valence-corrected chi connectivity index (χ4v) is 3.70. The molecule has 0 aliphatic carbocycles. The molecule has 1 unspecified atom stereocenters. The molecule has 2 atom stereocenters.